The average molecular weight is 197 g/mol. The van der Waals surface area contributed by atoms with Crippen LogP contribution >= 0.6 is 0 Å². The van der Waals surface area contributed by atoms with Crippen molar-refractivity contribution in [3.8, 4) is 0 Å². The van der Waals surface area contributed by atoms with Crippen molar-refractivity contribution >= 4 is 11.9 Å². The fourth-order valence-corrected chi connectivity index (χ4v) is 2.97. The largest absolute Gasteiger partial charge is 0.479 e. The summed E-state index contributed by atoms with van der Waals surface area (Å²) < 4.78 is 0. The Bertz CT molecular complexity index is 275. The smallest absolute Gasteiger partial charge is 0.330 e. The number of rotatable bonds is 2. The zero-order valence-corrected chi connectivity index (χ0v) is 8.25. The molecule has 0 aromatic carbocycles. The lowest BCUT2D eigenvalue weighted by atomic mass is 10.0. The van der Waals surface area contributed by atoms with Crippen molar-refractivity contribution in [3.05, 3.63) is 0 Å². The first-order valence-corrected chi connectivity index (χ1v) is 5.11. The summed E-state index contributed by atoms with van der Waals surface area (Å²) in [4.78, 5) is 22.1. The number of nitrogens with one attached hydrogen (secondary N) is 1. The van der Waals surface area contributed by atoms with Crippen molar-refractivity contribution in [2.75, 3.05) is 0 Å². The van der Waals surface area contributed by atoms with Gasteiger partial charge in [-0.05, 0) is 24.7 Å². The van der Waals surface area contributed by atoms with Gasteiger partial charge in [-0.25, -0.2) is 4.79 Å². The summed E-state index contributed by atoms with van der Waals surface area (Å²) in [6, 6.07) is 0. The van der Waals surface area contributed by atoms with Crippen LogP contribution in [0.25, 0.3) is 0 Å². The number of hydrogen-bond donors (Lipinski definition) is 2. The fourth-order valence-electron chi connectivity index (χ4n) is 2.97. The van der Waals surface area contributed by atoms with E-state index in [1.807, 2.05) is 0 Å². The number of hydrogen-bond acceptors (Lipinski definition) is 2. The van der Waals surface area contributed by atoms with Gasteiger partial charge in [0.25, 0.3) is 0 Å². The molecule has 0 bridgehead atoms. The van der Waals surface area contributed by atoms with Crippen molar-refractivity contribution < 1.29 is 14.7 Å². The maximum Gasteiger partial charge on any atom is 0.330 e. The standard InChI is InChI=1S/C10H15NO3/c1-6(12)11-10(9(13)14)7-4-2-3-5-8(7)10/h7-8H,2-5H2,1H3,(H,11,12)(H,13,14). The molecule has 2 saturated carbocycles. The minimum absolute atomic E-state index is 0.178. The Hall–Kier alpha value is -1.06. The lowest BCUT2D eigenvalue weighted by molar-refractivity contribution is -0.143. The molecule has 0 aromatic rings. The number of carboxylic acids is 1. The Morgan fingerprint density at radius 2 is 1.79 bits per heavy atom. The van der Waals surface area contributed by atoms with Crippen LogP contribution in [0.1, 0.15) is 32.6 Å². The predicted octanol–water partition coefficient (Wildman–Crippen LogP) is 0.766. The van der Waals surface area contributed by atoms with E-state index < -0.39 is 11.5 Å². The first kappa shape index (κ1) is 9.49. The molecule has 0 saturated heterocycles. The summed E-state index contributed by atoms with van der Waals surface area (Å²) in [5.41, 5.74) is -0.914. The van der Waals surface area contributed by atoms with E-state index in [1.54, 1.807) is 0 Å². The Balaban J connectivity index is 2.17. The number of amides is 1. The van der Waals surface area contributed by atoms with E-state index in [4.69, 9.17) is 5.11 Å². The number of aliphatic carboxylic acids is 1. The zero-order chi connectivity index (χ0) is 10.3. The molecule has 78 valence electrons. The lowest BCUT2D eigenvalue weighted by Gasteiger charge is -2.13. The molecule has 0 aliphatic heterocycles. The van der Waals surface area contributed by atoms with Crippen LogP contribution < -0.4 is 5.32 Å². The number of carbonyl (C=O) groups excluding carboxylic acids is 1. The van der Waals surface area contributed by atoms with Gasteiger partial charge in [0.1, 0.15) is 5.54 Å². The topological polar surface area (TPSA) is 66.4 Å². The van der Waals surface area contributed by atoms with E-state index >= 15 is 0 Å². The second-order valence-corrected chi connectivity index (χ2v) is 4.35. The molecular formula is C10H15NO3. The minimum atomic E-state index is -0.914. The van der Waals surface area contributed by atoms with Crippen LogP contribution in [0.3, 0.4) is 0 Å². The Morgan fingerprint density at radius 3 is 2.14 bits per heavy atom. The molecule has 1 amide bonds. The highest BCUT2D eigenvalue weighted by Crippen LogP contribution is 2.58. The van der Waals surface area contributed by atoms with Gasteiger partial charge in [-0.1, -0.05) is 12.8 Å². The van der Waals surface area contributed by atoms with E-state index in [-0.39, 0.29) is 17.7 Å². The molecule has 0 radical (unpaired) electrons. The molecule has 4 heteroatoms. The molecule has 2 aliphatic rings. The van der Waals surface area contributed by atoms with Crippen LogP contribution in [0.5, 0.6) is 0 Å². The summed E-state index contributed by atoms with van der Waals surface area (Å²) in [7, 11) is 0. The third kappa shape index (κ3) is 1.13. The minimum Gasteiger partial charge on any atom is -0.479 e. The van der Waals surface area contributed by atoms with Crippen molar-refractivity contribution in [2.45, 2.75) is 38.1 Å². The SMILES string of the molecule is CC(=O)NC1(C(=O)O)C2CCCCC21. The normalized spacial score (nSPS) is 39.8. The summed E-state index contributed by atoms with van der Waals surface area (Å²) in [6.07, 6.45) is 4.07. The van der Waals surface area contributed by atoms with Crippen LogP contribution in [-0.2, 0) is 9.59 Å². The molecule has 2 aliphatic carbocycles. The van der Waals surface area contributed by atoms with Crippen LogP contribution in [-0.4, -0.2) is 22.5 Å². The third-order valence-electron chi connectivity index (χ3n) is 3.56. The highest BCUT2D eigenvalue weighted by Gasteiger charge is 2.70. The molecule has 4 nitrogen and oxygen atoms in total. The highest BCUT2D eigenvalue weighted by molar-refractivity contribution is 5.90. The van der Waals surface area contributed by atoms with Crippen molar-refractivity contribution in [3.63, 3.8) is 0 Å². The van der Waals surface area contributed by atoms with E-state index in [9.17, 15) is 9.59 Å². The highest BCUT2D eigenvalue weighted by atomic mass is 16.4. The molecule has 0 spiro atoms. The van der Waals surface area contributed by atoms with Crippen LogP contribution in [0.15, 0.2) is 0 Å². The second-order valence-electron chi connectivity index (χ2n) is 4.35. The molecule has 2 unspecified atom stereocenters. The van der Waals surface area contributed by atoms with Gasteiger partial charge in [0.05, 0.1) is 0 Å². The molecule has 2 rings (SSSR count). The molecule has 2 atom stereocenters. The zero-order valence-electron chi connectivity index (χ0n) is 8.25. The van der Waals surface area contributed by atoms with Gasteiger partial charge in [-0.15, -0.1) is 0 Å². The molecule has 2 N–H and O–H groups in total. The number of carboxylic acid groups (broad SMARTS) is 1. The Labute approximate surface area is 82.7 Å². The number of carbonyl (C=O) groups is 2. The predicted molar refractivity (Wildman–Crippen MR) is 49.6 cm³/mol. The first-order valence-electron chi connectivity index (χ1n) is 5.11. The van der Waals surface area contributed by atoms with Crippen LogP contribution in [0.2, 0.25) is 0 Å². The summed E-state index contributed by atoms with van der Waals surface area (Å²) >= 11 is 0. The van der Waals surface area contributed by atoms with Gasteiger partial charge in [0.15, 0.2) is 0 Å². The summed E-state index contributed by atoms with van der Waals surface area (Å²) in [5.74, 6) is -0.735. The second kappa shape index (κ2) is 2.97. The van der Waals surface area contributed by atoms with Crippen molar-refractivity contribution in [1.29, 1.82) is 0 Å². The van der Waals surface area contributed by atoms with Crippen LogP contribution in [0.4, 0.5) is 0 Å². The number of fused-ring (bicyclic) bond motifs is 1. The van der Waals surface area contributed by atoms with E-state index in [2.05, 4.69) is 5.32 Å². The van der Waals surface area contributed by atoms with Gasteiger partial charge < -0.3 is 10.4 Å². The molecule has 0 heterocycles. The van der Waals surface area contributed by atoms with Gasteiger partial charge in [-0.2, -0.15) is 0 Å². The van der Waals surface area contributed by atoms with Crippen molar-refractivity contribution in [1.82, 2.24) is 5.32 Å². The Morgan fingerprint density at radius 1 is 1.29 bits per heavy atom. The average Bonchev–Trinajstić information content (AvgIpc) is 2.75. The maximum atomic E-state index is 11.2. The van der Waals surface area contributed by atoms with Gasteiger partial charge in [0.2, 0.25) is 5.91 Å². The maximum absolute atomic E-state index is 11.2. The fraction of sp³-hybridized carbons (Fsp3) is 0.800. The molecule has 2 fully saturated rings. The van der Waals surface area contributed by atoms with E-state index in [0.29, 0.717) is 0 Å². The van der Waals surface area contributed by atoms with Gasteiger partial charge in [0, 0.05) is 6.92 Å². The molecule has 0 aromatic heterocycles. The summed E-state index contributed by atoms with van der Waals surface area (Å²) in [6.45, 7) is 1.38. The Kier molecular flexibility index (Phi) is 2.01. The first-order chi connectivity index (χ1) is 6.59. The third-order valence-corrected chi connectivity index (χ3v) is 3.56. The van der Waals surface area contributed by atoms with Gasteiger partial charge in [-0.3, -0.25) is 4.79 Å². The van der Waals surface area contributed by atoms with Gasteiger partial charge >= 0.3 is 5.97 Å². The van der Waals surface area contributed by atoms with Crippen molar-refractivity contribution in [2.24, 2.45) is 11.8 Å². The van der Waals surface area contributed by atoms with Crippen LogP contribution in [0, 0.1) is 11.8 Å². The van der Waals surface area contributed by atoms with E-state index in [1.165, 1.54) is 6.92 Å². The molecule has 14 heavy (non-hydrogen) atoms. The quantitative estimate of drug-likeness (QED) is 0.687. The monoisotopic (exact) mass is 197 g/mol. The lowest BCUT2D eigenvalue weighted by Crippen LogP contribution is -2.45. The molecular weight excluding hydrogens is 182 g/mol. The van der Waals surface area contributed by atoms with E-state index in [0.717, 1.165) is 25.7 Å². The summed E-state index contributed by atoms with van der Waals surface area (Å²) in [5, 5.41) is 11.8.